The molecule has 0 radical (unpaired) electrons. The average Bonchev–Trinajstić information content (AvgIpc) is 1.85. The van der Waals surface area contributed by atoms with Gasteiger partial charge >= 0.3 is 10.1 Å². The molecule has 0 heterocycles. The van der Waals surface area contributed by atoms with E-state index in [0.29, 0.717) is 12.2 Å². The maximum Gasteiger partial charge on any atom is 0.305 e. The molecule has 0 spiro atoms. The van der Waals surface area contributed by atoms with Gasteiger partial charge in [-0.1, -0.05) is 12.2 Å². The van der Waals surface area contributed by atoms with Crippen LogP contribution in [0.5, 0.6) is 0 Å². The van der Waals surface area contributed by atoms with E-state index in [1.807, 2.05) is 6.08 Å². The third-order valence-electron chi connectivity index (χ3n) is 1.23. The van der Waals surface area contributed by atoms with Crippen LogP contribution in [0.3, 0.4) is 0 Å². The zero-order chi connectivity index (χ0) is 8.32. The monoisotopic (exact) mass is 174 g/mol. The lowest BCUT2D eigenvalue weighted by Gasteiger charge is -2.07. The van der Waals surface area contributed by atoms with Gasteiger partial charge in [-0.25, -0.2) is 0 Å². The molecular weight excluding hydrogens is 164 g/mol. The molecule has 11 heavy (non-hydrogen) atoms. The Balaban J connectivity index is 2.63. The Bertz CT molecular complexity index is 285. The molecule has 0 N–H and O–H groups in total. The number of rotatable bonds is 2. The molecule has 0 fully saturated rings. The van der Waals surface area contributed by atoms with Gasteiger partial charge in [0, 0.05) is 6.42 Å². The fourth-order valence-electron chi connectivity index (χ4n) is 0.844. The van der Waals surface area contributed by atoms with Crippen LogP contribution in [0.2, 0.25) is 0 Å². The normalized spacial score (nSPS) is 17.7. The van der Waals surface area contributed by atoms with Crippen LogP contribution in [-0.4, -0.2) is 14.7 Å². The van der Waals surface area contributed by atoms with E-state index in [4.69, 9.17) is 0 Å². The average molecular weight is 174 g/mol. The van der Waals surface area contributed by atoms with E-state index in [9.17, 15) is 8.42 Å². The van der Waals surface area contributed by atoms with Crippen LogP contribution in [0.4, 0.5) is 0 Å². The molecule has 1 aliphatic carbocycles. The molecule has 0 aromatic carbocycles. The van der Waals surface area contributed by atoms with E-state index >= 15 is 0 Å². The van der Waals surface area contributed by atoms with Crippen LogP contribution >= 0.6 is 0 Å². The van der Waals surface area contributed by atoms with Gasteiger partial charge in [-0.2, -0.15) is 8.42 Å². The van der Waals surface area contributed by atoms with Crippen molar-refractivity contribution in [2.75, 3.05) is 6.26 Å². The van der Waals surface area contributed by atoms with Crippen LogP contribution in [0.1, 0.15) is 12.8 Å². The summed E-state index contributed by atoms with van der Waals surface area (Å²) in [6, 6.07) is 0. The van der Waals surface area contributed by atoms with Crippen molar-refractivity contribution in [3.8, 4) is 0 Å². The van der Waals surface area contributed by atoms with Crippen LogP contribution in [0.15, 0.2) is 24.0 Å². The van der Waals surface area contributed by atoms with Crippen LogP contribution in [-0.2, 0) is 14.3 Å². The van der Waals surface area contributed by atoms with Crippen molar-refractivity contribution in [3.63, 3.8) is 0 Å². The summed E-state index contributed by atoms with van der Waals surface area (Å²) in [5.41, 5.74) is 0. The molecule has 0 atom stereocenters. The fourth-order valence-corrected chi connectivity index (χ4v) is 1.37. The maximum atomic E-state index is 10.6. The zero-order valence-corrected chi connectivity index (χ0v) is 7.10. The Labute approximate surface area is 66.5 Å². The van der Waals surface area contributed by atoms with Crippen LogP contribution < -0.4 is 0 Å². The van der Waals surface area contributed by atoms with Crippen molar-refractivity contribution in [3.05, 3.63) is 24.0 Å². The highest BCUT2D eigenvalue weighted by Crippen LogP contribution is 2.14. The van der Waals surface area contributed by atoms with E-state index in [2.05, 4.69) is 4.18 Å². The molecular formula is C7H10O3S. The molecule has 4 heteroatoms. The van der Waals surface area contributed by atoms with Crippen molar-refractivity contribution < 1.29 is 12.6 Å². The molecule has 0 bridgehead atoms. The minimum Gasteiger partial charge on any atom is -0.387 e. The molecule has 0 aliphatic heterocycles. The molecule has 0 amide bonds. The molecule has 0 unspecified atom stereocenters. The standard InChI is InChI=1S/C7H10O3S/c1-11(8,9)10-7-5-3-2-4-6-7/h2-3,5H,4,6H2,1H3. The maximum absolute atomic E-state index is 10.6. The van der Waals surface area contributed by atoms with E-state index in [1.54, 1.807) is 12.2 Å². The van der Waals surface area contributed by atoms with Gasteiger partial charge < -0.3 is 4.18 Å². The predicted octanol–water partition coefficient (Wildman–Crippen LogP) is 1.20. The highest BCUT2D eigenvalue weighted by atomic mass is 32.2. The quantitative estimate of drug-likeness (QED) is 0.591. The molecule has 0 saturated heterocycles. The number of hydrogen-bond donors (Lipinski definition) is 0. The first-order valence-electron chi connectivity index (χ1n) is 3.33. The van der Waals surface area contributed by atoms with Gasteiger partial charge in [-0.3, -0.25) is 0 Å². The SMILES string of the molecule is CS(=O)(=O)OC1=CC=CCC1. The Morgan fingerprint density at radius 1 is 1.55 bits per heavy atom. The Morgan fingerprint density at radius 2 is 2.27 bits per heavy atom. The second-order valence-electron chi connectivity index (χ2n) is 2.39. The second kappa shape index (κ2) is 3.09. The minimum absolute atomic E-state index is 0.523. The number of allylic oxidation sites excluding steroid dienone is 4. The predicted molar refractivity (Wildman–Crippen MR) is 42.4 cm³/mol. The van der Waals surface area contributed by atoms with Crippen molar-refractivity contribution in [1.29, 1.82) is 0 Å². The van der Waals surface area contributed by atoms with Gasteiger partial charge in [-0.15, -0.1) is 0 Å². The van der Waals surface area contributed by atoms with E-state index in [1.165, 1.54) is 0 Å². The molecule has 1 rings (SSSR count). The molecule has 1 aliphatic rings. The lowest BCUT2D eigenvalue weighted by molar-refractivity contribution is 0.395. The first-order valence-corrected chi connectivity index (χ1v) is 5.15. The summed E-state index contributed by atoms with van der Waals surface area (Å²) in [5, 5.41) is 0. The smallest absolute Gasteiger partial charge is 0.305 e. The van der Waals surface area contributed by atoms with E-state index in [0.717, 1.165) is 12.7 Å². The van der Waals surface area contributed by atoms with Gasteiger partial charge in [0.25, 0.3) is 0 Å². The first kappa shape index (κ1) is 8.33. The molecule has 0 aromatic heterocycles. The summed E-state index contributed by atoms with van der Waals surface area (Å²) in [5.74, 6) is 0.523. The molecule has 62 valence electrons. The molecule has 0 saturated carbocycles. The minimum atomic E-state index is -3.33. The van der Waals surface area contributed by atoms with Gasteiger partial charge in [0.2, 0.25) is 0 Å². The van der Waals surface area contributed by atoms with E-state index in [-0.39, 0.29) is 0 Å². The third-order valence-corrected chi connectivity index (χ3v) is 1.75. The Morgan fingerprint density at radius 3 is 2.73 bits per heavy atom. The summed E-state index contributed by atoms with van der Waals surface area (Å²) in [4.78, 5) is 0. The highest BCUT2D eigenvalue weighted by molar-refractivity contribution is 7.86. The first-order chi connectivity index (χ1) is 5.08. The summed E-state index contributed by atoms with van der Waals surface area (Å²) in [7, 11) is -3.33. The van der Waals surface area contributed by atoms with Crippen LogP contribution in [0, 0.1) is 0 Å². The van der Waals surface area contributed by atoms with Crippen molar-refractivity contribution >= 4 is 10.1 Å². The molecule has 0 aromatic rings. The summed E-state index contributed by atoms with van der Waals surface area (Å²) < 4.78 is 25.9. The van der Waals surface area contributed by atoms with Crippen LogP contribution in [0.25, 0.3) is 0 Å². The van der Waals surface area contributed by atoms with Gasteiger partial charge in [0.15, 0.2) is 0 Å². The zero-order valence-electron chi connectivity index (χ0n) is 6.28. The fraction of sp³-hybridized carbons (Fsp3) is 0.429. The van der Waals surface area contributed by atoms with Crippen molar-refractivity contribution in [2.45, 2.75) is 12.8 Å². The molecule has 3 nitrogen and oxygen atoms in total. The van der Waals surface area contributed by atoms with Gasteiger partial charge in [0.05, 0.1) is 6.26 Å². The summed E-state index contributed by atoms with van der Waals surface area (Å²) in [6.45, 7) is 0. The van der Waals surface area contributed by atoms with Gasteiger partial charge in [0.1, 0.15) is 5.76 Å². The topological polar surface area (TPSA) is 43.4 Å². The van der Waals surface area contributed by atoms with Crippen molar-refractivity contribution in [2.24, 2.45) is 0 Å². The summed E-state index contributed by atoms with van der Waals surface area (Å²) in [6.07, 6.45) is 8.00. The Hall–Kier alpha value is -0.770. The summed E-state index contributed by atoms with van der Waals surface area (Å²) >= 11 is 0. The lowest BCUT2D eigenvalue weighted by Crippen LogP contribution is -2.03. The van der Waals surface area contributed by atoms with Gasteiger partial charge in [-0.05, 0) is 12.5 Å². The Kier molecular flexibility index (Phi) is 2.34. The lowest BCUT2D eigenvalue weighted by atomic mass is 10.2. The highest BCUT2D eigenvalue weighted by Gasteiger charge is 2.07. The number of hydrogen-bond acceptors (Lipinski definition) is 3. The largest absolute Gasteiger partial charge is 0.387 e. The second-order valence-corrected chi connectivity index (χ2v) is 3.96. The van der Waals surface area contributed by atoms with E-state index < -0.39 is 10.1 Å². The van der Waals surface area contributed by atoms with Crippen molar-refractivity contribution in [1.82, 2.24) is 0 Å². The third kappa shape index (κ3) is 3.23.